The van der Waals surface area contributed by atoms with Crippen molar-refractivity contribution in [2.75, 3.05) is 17.7 Å². The van der Waals surface area contributed by atoms with Crippen LogP contribution < -0.4 is 10.6 Å². The number of aromatic nitrogens is 2. The Kier molecular flexibility index (Phi) is 4.39. The van der Waals surface area contributed by atoms with E-state index in [1.165, 1.54) is 32.1 Å². The molecule has 4 heteroatoms. The molecule has 0 bridgehead atoms. The molecule has 1 atom stereocenters. The molecule has 1 aliphatic rings. The highest BCUT2D eigenvalue weighted by atomic mass is 15.1. The molecule has 0 saturated heterocycles. The minimum absolute atomic E-state index is 0.490. The summed E-state index contributed by atoms with van der Waals surface area (Å²) in [6.07, 6.45) is 6.84. The standard InChI is InChI=1S/C14H24N4/c1-10(12-7-5-4-6-8-12)16-14-9-13(15-3)17-11(2)18-14/h9-10,12H,4-8H2,1-3H3,(H2,15,16,17,18). The molecule has 0 aromatic carbocycles. The van der Waals surface area contributed by atoms with E-state index >= 15 is 0 Å². The van der Waals surface area contributed by atoms with Gasteiger partial charge in [-0.2, -0.15) is 0 Å². The highest BCUT2D eigenvalue weighted by Crippen LogP contribution is 2.27. The molecule has 1 fully saturated rings. The van der Waals surface area contributed by atoms with Crippen LogP contribution in [0.2, 0.25) is 0 Å². The maximum absolute atomic E-state index is 4.45. The molecule has 2 N–H and O–H groups in total. The highest BCUT2D eigenvalue weighted by molar-refractivity contribution is 5.47. The van der Waals surface area contributed by atoms with Crippen LogP contribution in [0.25, 0.3) is 0 Å². The number of nitrogens with one attached hydrogen (secondary N) is 2. The van der Waals surface area contributed by atoms with Gasteiger partial charge in [0.1, 0.15) is 17.5 Å². The fraction of sp³-hybridized carbons (Fsp3) is 0.714. The van der Waals surface area contributed by atoms with Crippen LogP contribution in [0.3, 0.4) is 0 Å². The molecular formula is C14H24N4. The van der Waals surface area contributed by atoms with Crippen LogP contribution >= 0.6 is 0 Å². The van der Waals surface area contributed by atoms with E-state index in [0.717, 1.165) is 23.4 Å². The van der Waals surface area contributed by atoms with E-state index in [1.807, 2.05) is 20.0 Å². The summed E-state index contributed by atoms with van der Waals surface area (Å²) in [7, 11) is 1.89. The molecule has 1 unspecified atom stereocenters. The van der Waals surface area contributed by atoms with E-state index in [9.17, 15) is 0 Å². The van der Waals surface area contributed by atoms with Crippen molar-refractivity contribution in [3.8, 4) is 0 Å². The van der Waals surface area contributed by atoms with E-state index in [-0.39, 0.29) is 0 Å². The Morgan fingerprint density at radius 2 is 1.83 bits per heavy atom. The van der Waals surface area contributed by atoms with Gasteiger partial charge in [0.05, 0.1) is 0 Å². The Hall–Kier alpha value is -1.32. The summed E-state index contributed by atoms with van der Waals surface area (Å²) < 4.78 is 0. The molecule has 1 aliphatic carbocycles. The lowest BCUT2D eigenvalue weighted by Crippen LogP contribution is -2.28. The second-order valence-corrected chi connectivity index (χ2v) is 5.27. The van der Waals surface area contributed by atoms with Crippen LogP contribution in [-0.2, 0) is 0 Å². The lowest BCUT2D eigenvalue weighted by Gasteiger charge is -2.28. The van der Waals surface area contributed by atoms with E-state index in [2.05, 4.69) is 27.5 Å². The van der Waals surface area contributed by atoms with Crippen molar-refractivity contribution in [3.63, 3.8) is 0 Å². The lowest BCUT2D eigenvalue weighted by molar-refractivity contribution is 0.328. The van der Waals surface area contributed by atoms with Crippen LogP contribution in [0.15, 0.2) is 6.07 Å². The molecule has 18 heavy (non-hydrogen) atoms. The third-order valence-corrected chi connectivity index (χ3v) is 3.83. The first-order chi connectivity index (χ1) is 8.69. The second-order valence-electron chi connectivity index (χ2n) is 5.27. The third-order valence-electron chi connectivity index (χ3n) is 3.83. The Bertz CT molecular complexity index is 385. The summed E-state index contributed by atoms with van der Waals surface area (Å²) in [6.45, 7) is 4.20. The summed E-state index contributed by atoms with van der Waals surface area (Å²) in [5, 5.41) is 6.61. The third kappa shape index (κ3) is 3.34. The van der Waals surface area contributed by atoms with Gasteiger partial charge in [-0.3, -0.25) is 0 Å². The van der Waals surface area contributed by atoms with Crippen molar-refractivity contribution in [2.45, 2.75) is 52.0 Å². The first kappa shape index (κ1) is 13.1. The fourth-order valence-electron chi connectivity index (χ4n) is 2.75. The van der Waals surface area contributed by atoms with E-state index < -0.39 is 0 Å². The molecule has 100 valence electrons. The van der Waals surface area contributed by atoms with Gasteiger partial charge in [0.25, 0.3) is 0 Å². The molecular weight excluding hydrogens is 224 g/mol. The van der Waals surface area contributed by atoms with Gasteiger partial charge in [0.2, 0.25) is 0 Å². The van der Waals surface area contributed by atoms with Gasteiger partial charge in [-0.05, 0) is 32.6 Å². The smallest absolute Gasteiger partial charge is 0.132 e. The maximum atomic E-state index is 4.45. The molecule has 1 aromatic heterocycles. The van der Waals surface area contributed by atoms with Crippen molar-refractivity contribution in [1.29, 1.82) is 0 Å². The van der Waals surface area contributed by atoms with Gasteiger partial charge in [0.15, 0.2) is 0 Å². The van der Waals surface area contributed by atoms with Crippen LogP contribution in [0.4, 0.5) is 11.6 Å². The number of anilines is 2. The Balaban J connectivity index is 2.01. The van der Waals surface area contributed by atoms with E-state index in [1.54, 1.807) is 0 Å². The first-order valence-corrected chi connectivity index (χ1v) is 6.99. The van der Waals surface area contributed by atoms with Crippen LogP contribution in [-0.4, -0.2) is 23.1 Å². The van der Waals surface area contributed by atoms with Gasteiger partial charge in [0, 0.05) is 19.2 Å². The summed E-state index contributed by atoms with van der Waals surface area (Å²) in [5.41, 5.74) is 0. The zero-order valence-electron chi connectivity index (χ0n) is 11.7. The number of nitrogens with zero attached hydrogens (tertiary/aromatic N) is 2. The average Bonchev–Trinajstić information content (AvgIpc) is 2.39. The topological polar surface area (TPSA) is 49.8 Å². The lowest BCUT2D eigenvalue weighted by atomic mass is 9.84. The molecule has 2 rings (SSSR count). The zero-order chi connectivity index (χ0) is 13.0. The predicted octanol–water partition coefficient (Wildman–Crippen LogP) is 3.21. The molecule has 4 nitrogen and oxygen atoms in total. The second kappa shape index (κ2) is 6.03. The van der Waals surface area contributed by atoms with Gasteiger partial charge in [-0.15, -0.1) is 0 Å². The molecule has 0 spiro atoms. The van der Waals surface area contributed by atoms with Crippen LogP contribution in [0.5, 0.6) is 0 Å². The van der Waals surface area contributed by atoms with Crippen molar-refractivity contribution in [2.24, 2.45) is 5.92 Å². The molecule has 0 amide bonds. The molecule has 0 aliphatic heterocycles. The first-order valence-electron chi connectivity index (χ1n) is 6.99. The quantitative estimate of drug-likeness (QED) is 0.859. The maximum Gasteiger partial charge on any atom is 0.132 e. The summed E-state index contributed by atoms with van der Waals surface area (Å²) >= 11 is 0. The highest BCUT2D eigenvalue weighted by Gasteiger charge is 2.20. The van der Waals surface area contributed by atoms with Crippen molar-refractivity contribution >= 4 is 11.6 Å². The SMILES string of the molecule is CNc1cc(NC(C)C2CCCCC2)nc(C)n1. The monoisotopic (exact) mass is 248 g/mol. The van der Waals surface area contributed by atoms with Gasteiger partial charge in [-0.25, -0.2) is 9.97 Å². The summed E-state index contributed by atoms with van der Waals surface area (Å²) in [6, 6.07) is 2.47. The largest absolute Gasteiger partial charge is 0.373 e. The molecule has 1 heterocycles. The van der Waals surface area contributed by atoms with E-state index in [4.69, 9.17) is 0 Å². The summed E-state index contributed by atoms with van der Waals surface area (Å²) in [5.74, 6) is 3.40. The number of hydrogen-bond donors (Lipinski definition) is 2. The summed E-state index contributed by atoms with van der Waals surface area (Å²) in [4.78, 5) is 8.76. The number of rotatable bonds is 4. The number of hydrogen-bond acceptors (Lipinski definition) is 4. The molecule has 1 aromatic rings. The van der Waals surface area contributed by atoms with Gasteiger partial charge < -0.3 is 10.6 Å². The van der Waals surface area contributed by atoms with Crippen molar-refractivity contribution < 1.29 is 0 Å². The Morgan fingerprint density at radius 1 is 1.17 bits per heavy atom. The Labute approximate surface area is 110 Å². The van der Waals surface area contributed by atoms with Crippen LogP contribution in [0.1, 0.15) is 44.9 Å². The zero-order valence-corrected chi connectivity index (χ0v) is 11.7. The predicted molar refractivity (Wildman–Crippen MR) is 76.0 cm³/mol. The van der Waals surface area contributed by atoms with Gasteiger partial charge >= 0.3 is 0 Å². The molecule has 0 radical (unpaired) electrons. The van der Waals surface area contributed by atoms with Crippen molar-refractivity contribution in [3.05, 3.63) is 11.9 Å². The van der Waals surface area contributed by atoms with E-state index in [0.29, 0.717) is 6.04 Å². The van der Waals surface area contributed by atoms with Crippen molar-refractivity contribution in [1.82, 2.24) is 9.97 Å². The minimum Gasteiger partial charge on any atom is -0.373 e. The van der Waals surface area contributed by atoms with Gasteiger partial charge in [-0.1, -0.05) is 19.3 Å². The Morgan fingerprint density at radius 3 is 2.50 bits per heavy atom. The minimum atomic E-state index is 0.490. The number of aryl methyl sites for hydroxylation is 1. The van der Waals surface area contributed by atoms with Crippen LogP contribution in [0, 0.1) is 12.8 Å². The molecule has 1 saturated carbocycles. The normalized spacial score (nSPS) is 18.4. The average molecular weight is 248 g/mol. The fourth-order valence-corrected chi connectivity index (χ4v) is 2.75.